The number of para-hydroxylation sites is 2. The Bertz CT molecular complexity index is 942. The minimum atomic E-state index is -0.461. The molecule has 26 heavy (non-hydrogen) atoms. The van der Waals surface area contributed by atoms with E-state index in [0.29, 0.717) is 11.3 Å². The molecular weight excluding hydrogens is 330 g/mol. The number of benzene rings is 2. The van der Waals surface area contributed by atoms with Gasteiger partial charge in [-0.05, 0) is 18.1 Å². The highest BCUT2D eigenvalue weighted by Crippen LogP contribution is 2.23. The van der Waals surface area contributed by atoms with Gasteiger partial charge in [-0.1, -0.05) is 43.3 Å². The number of nitrogens with one attached hydrogen (secondary N) is 1. The molecule has 5 nitrogen and oxygen atoms in total. The Kier molecular flexibility index (Phi) is 5.37. The van der Waals surface area contributed by atoms with E-state index in [1.165, 1.54) is 0 Å². The number of hydrogen-bond acceptors (Lipinski definition) is 4. The Morgan fingerprint density at radius 2 is 1.81 bits per heavy atom. The van der Waals surface area contributed by atoms with Crippen LogP contribution < -0.4 is 4.74 Å². The summed E-state index contributed by atoms with van der Waals surface area (Å²) in [6, 6.07) is 13.1. The molecule has 1 aromatic heterocycles. The number of carbonyl (C=O) groups is 2. The van der Waals surface area contributed by atoms with Crippen molar-refractivity contribution < 1.29 is 19.1 Å². The number of aromatic amines is 1. The van der Waals surface area contributed by atoms with Gasteiger partial charge in [0.05, 0.1) is 13.5 Å². The van der Waals surface area contributed by atoms with Crippen LogP contribution in [0, 0.1) is 0 Å². The summed E-state index contributed by atoms with van der Waals surface area (Å²) < 4.78 is 10.4. The van der Waals surface area contributed by atoms with E-state index in [2.05, 4.69) is 11.9 Å². The lowest BCUT2D eigenvalue weighted by molar-refractivity contribution is -0.141. The molecule has 0 amide bonds. The third kappa shape index (κ3) is 3.61. The van der Waals surface area contributed by atoms with Crippen LogP contribution in [0.2, 0.25) is 0 Å². The molecule has 0 spiro atoms. The predicted octanol–water partition coefficient (Wildman–Crippen LogP) is 3.71. The first-order chi connectivity index (χ1) is 12.6. The van der Waals surface area contributed by atoms with Crippen LogP contribution in [0.15, 0.2) is 48.7 Å². The number of esters is 1. The maximum absolute atomic E-state index is 12.5. The van der Waals surface area contributed by atoms with Crippen molar-refractivity contribution in [2.24, 2.45) is 0 Å². The summed E-state index contributed by atoms with van der Waals surface area (Å²) in [7, 11) is 1.55. The number of H-pyrrole nitrogens is 1. The molecule has 134 valence electrons. The number of rotatable bonds is 7. The smallest absolute Gasteiger partial charge is 0.310 e. The molecule has 0 atom stereocenters. The van der Waals surface area contributed by atoms with Crippen molar-refractivity contribution in [3.8, 4) is 5.75 Å². The number of ketones is 1. The molecule has 0 aliphatic heterocycles. The number of Topliss-reactive ketones (excluding diaryl/α,β-unsaturated/α-hetero) is 1. The van der Waals surface area contributed by atoms with Gasteiger partial charge in [-0.15, -0.1) is 0 Å². The van der Waals surface area contributed by atoms with Gasteiger partial charge in [0.25, 0.3) is 0 Å². The molecular formula is C21H21NO4. The third-order valence-corrected chi connectivity index (χ3v) is 4.37. The summed E-state index contributed by atoms with van der Waals surface area (Å²) in [5, 5.41) is 0.857. The third-order valence-electron chi connectivity index (χ3n) is 4.37. The lowest BCUT2D eigenvalue weighted by atomic mass is 10.1. The number of ether oxygens (including phenoxy) is 2. The van der Waals surface area contributed by atoms with E-state index >= 15 is 0 Å². The van der Waals surface area contributed by atoms with E-state index in [1.807, 2.05) is 30.3 Å². The summed E-state index contributed by atoms with van der Waals surface area (Å²) in [5.41, 5.74) is 3.38. The van der Waals surface area contributed by atoms with Gasteiger partial charge < -0.3 is 14.5 Å². The minimum absolute atomic E-state index is 0.0607. The van der Waals surface area contributed by atoms with Gasteiger partial charge in [0, 0.05) is 28.2 Å². The summed E-state index contributed by atoms with van der Waals surface area (Å²) in [6.07, 6.45) is 2.62. The van der Waals surface area contributed by atoms with Crippen molar-refractivity contribution in [3.63, 3.8) is 0 Å². The summed E-state index contributed by atoms with van der Waals surface area (Å²) in [6.45, 7) is 1.79. The van der Waals surface area contributed by atoms with E-state index in [0.717, 1.165) is 28.5 Å². The zero-order valence-corrected chi connectivity index (χ0v) is 14.9. The molecule has 3 rings (SSSR count). The molecule has 2 aromatic carbocycles. The van der Waals surface area contributed by atoms with Gasteiger partial charge >= 0.3 is 5.97 Å². The maximum Gasteiger partial charge on any atom is 0.310 e. The molecule has 0 saturated carbocycles. The topological polar surface area (TPSA) is 68.4 Å². The zero-order valence-electron chi connectivity index (χ0n) is 14.9. The van der Waals surface area contributed by atoms with E-state index in [9.17, 15) is 9.59 Å². The van der Waals surface area contributed by atoms with E-state index in [4.69, 9.17) is 9.47 Å². The van der Waals surface area contributed by atoms with E-state index in [1.54, 1.807) is 25.4 Å². The number of methoxy groups -OCH3 is 1. The highest BCUT2D eigenvalue weighted by atomic mass is 16.5. The lowest BCUT2D eigenvalue weighted by Gasteiger charge is -2.08. The second kappa shape index (κ2) is 7.87. The Labute approximate surface area is 151 Å². The Morgan fingerprint density at radius 1 is 1.04 bits per heavy atom. The fraction of sp³-hybridized carbons (Fsp3) is 0.238. The first-order valence-corrected chi connectivity index (χ1v) is 8.53. The SMILES string of the molecule is CCc1cccc2c(C(=O)COC(=O)Cc3ccccc3OC)c[nH]c12. The highest BCUT2D eigenvalue weighted by Gasteiger charge is 2.16. The van der Waals surface area contributed by atoms with Crippen molar-refractivity contribution in [2.75, 3.05) is 13.7 Å². The van der Waals surface area contributed by atoms with Crippen LogP contribution >= 0.6 is 0 Å². The van der Waals surface area contributed by atoms with Gasteiger partial charge in [-0.3, -0.25) is 9.59 Å². The number of carbonyl (C=O) groups excluding carboxylic acids is 2. The van der Waals surface area contributed by atoms with E-state index in [-0.39, 0.29) is 18.8 Å². The summed E-state index contributed by atoms with van der Waals surface area (Å²) in [4.78, 5) is 27.7. The second-order valence-electron chi connectivity index (χ2n) is 5.97. The number of hydrogen-bond donors (Lipinski definition) is 1. The molecule has 3 aromatic rings. The van der Waals surface area contributed by atoms with Crippen LogP contribution in [-0.2, 0) is 22.4 Å². The van der Waals surface area contributed by atoms with Gasteiger partial charge in [-0.2, -0.15) is 0 Å². The first kappa shape index (κ1) is 17.7. The second-order valence-corrected chi connectivity index (χ2v) is 5.97. The summed E-state index contributed by atoms with van der Waals surface area (Å²) in [5.74, 6) is -0.0608. The molecule has 0 fully saturated rings. The molecule has 1 heterocycles. The molecule has 0 unspecified atom stereocenters. The fourth-order valence-corrected chi connectivity index (χ4v) is 3.02. The van der Waals surface area contributed by atoms with E-state index < -0.39 is 5.97 Å². The van der Waals surface area contributed by atoms with Crippen LogP contribution in [0.3, 0.4) is 0 Å². The van der Waals surface area contributed by atoms with Gasteiger partial charge in [0.2, 0.25) is 5.78 Å². The van der Waals surface area contributed by atoms with Crippen molar-refractivity contribution in [1.29, 1.82) is 0 Å². The normalized spacial score (nSPS) is 10.7. The molecule has 0 radical (unpaired) electrons. The van der Waals surface area contributed by atoms with Crippen molar-refractivity contribution >= 4 is 22.7 Å². The van der Waals surface area contributed by atoms with Crippen molar-refractivity contribution in [3.05, 3.63) is 65.4 Å². The monoisotopic (exact) mass is 351 g/mol. The number of aryl methyl sites for hydroxylation is 1. The van der Waals surface area contributed by atoms with Gasteiger partial charge in [0.1, 0.15) is 5.75 Å². The standard InChI is InChI=1S/C21H21NO4/c1-3-14-8-6-9-16-17(12-22-21(14)16)18(23)13-26-20(24)11-15-7-4-5-10-19(15)25-2/h4-10,12,22H,3,11,13H2,1-2H3. The first-order valence-electron chi connectivity index (χ1n) is 8.53. The Balaban J connectivity index is 1.66. The molecule has 5 heteroatoms. The minimum Gasteiger partial charge on any atom is -0.496 e. The quantitative estimate of drug-likeness (QED) is 0.520. The maximum atomic E-state index is 12.5. The largest absolute Gasteiger partial charge is 0.496 e. The van der Waals surface area contributed by atoms with Crippen LogP contribution in [0.5, 0.6) is 5.75 Å². The molecule has 0 aliphatic rings. The molecule has 0 saturated heterocycles. The van der Waals surface area contributed by atoms with Crippen LogP contribution in [-0.4, -0.2) is 30.5 Å². The van der Waals surface area contributed by atoms with Crippen molar-refractivity contribution in [1.82, 2.24) is 4.98 Å². The summed E-state index contributed by atoms with van der Waals surface area (Å²) >= 11 is 0. The number of aromatic nitrogens is 1. The predicted molar refractivity (Wildman–Crippen MR) is 99.7 cm³/mol. The Morgan fingerprint density at radius 3 is 2.58 bits per heavy atom. The van der Waals surface area contributed by atoms with Crippen LogP contribution in [0.4, 0.5) is 0 Å². The van der Waals surface area contributed by atoms with Crippen LogP contribution in [0.1, 0.15) is 28.4 Å². The van der Waals surface area contributed by atoms with Crippen molar-refractivity contribution in [2.45, 2.75) is 19.8 Å². The highest BCUT2D eigenvalue weighted by molar-refractivity contribution is 6.09. The Hall–Kier alpha value is -3.08. The average molecular weight is 351 g/mol. The van der Waals surface area contributed by atoms with Gasteiger partial charge in [0.15, 0.2) is 6.61 Å². The number of fused-ring (bicyclic) bond motifs is 1. The molecule has 0 aliphatic carbocycles. The van der Waals surface area contributed by atoms with Gasteiger partial charge in [-0.25, -0.2) is 0 Å². The fourth-order valence-electron chi connectivity index (χ4n) is 3.02. The lowest BCUT2D eigenvalue weighted by Crippen LogP contribution is -2.15. The molecule has 0 bridgehead atoms. The molecule has 1 N–H and O–H groups in total. The average Bonchev–Trinajstić information content (AvgIpc) is 3.10. The van der Waals surface area contributed by atoms with Crippen LogP contribution in [0.25, 0.3) is 10.9 Å². The zero-order chi connectivity index (χ0) is 18.5.